The van der Waals surface area contributed by atoms with Crippen LogP contribution in [0.1, 0.15) is 200 Å². The number of hydrogen-bond donors (Lipinski definition) is 4. The van der Waals surface area contributed by atoms with Gasteiger partial charge in [-0.25, -0.2) is 9.59 Å². The van der Waals surface area contributed by atoms with Gasteiger partial charge in [-0.1, -0.05) is 222 Å². The summed E-state index contributed by atoms with van der Waals surface area (Å²) in [5.74, 6) is -4.61. The average molecular weight is 1600 g/mol. The summed E-state index contributed by atoms with van der Waals surface area (Å²) in [5.41, 5.74) is -7.69. The molecule has 4 N–H and O–H groups in total. The Balaban J connectivity index is 0.0000184. The molecule has 0 aromatic heterocycles. The molecule has 0 spiro atoms. The minimum Gasteiger partial charge on any atom is -0.461 e. The zero-order valence-electron chi connectivity index (χ0n) is 61.3. The van der Waals surface area contributed by atoms with E-state index in [1.807, 2.05) is 30.4 Å². The normalized spacial score (nSPS) is 25.3. The maximum Gasteiger partial charge on any atom is 0.408 e. The number of fused-ring (bicyclic) bond motifs is 5. The third kappa shape index (κ3) is 25.5. The SMILES string of the molecule is CC/C=C\C/C=C\C/C=C\C/C=C\C/C=C\C/C=C\CCC(=O)OC1C(=O)C2(C)C(OC(=O)CC/C=C\C/C=C\C/C=C\C/C=C\C/C=C\C/C=C\CC)CC3OCC3(O)C2C(OC(=O)c2ccccc2)C2(O)CC(OCC(O)C(NC(=O)OC(C)(C)C)c3ccccc3)C(C)=C1C2(C)C.[Ac]. The Bertz CT molecular complexity index is 3340. The number of allylic oxidation sites excluding steroid dienone is 24. The third-order valence-corrected chi connectivity index (χ3v) is 19.0. The Morgan fingerprint density at radius 1 is 0.614 bits per heavy atom. The van der Waals surface area contributed by atoms with Crippen LogP contribution in [-0.2, 0) is 42.8 Å². The minimum atomic E-state index is -2.31. The Morgan fingerprint density at radius 3 is 1.47 bits per heavy atom. The van der Waals surface area contributed by atoms with E-state index in [4.69, 9.17) is 28.4 Å². The molecule has 1 saturated heterocycles. The van der Waals surface area contributed by atoms with E-state index in [0.717, 1.165) is 64.2 Å². The number of aliphatic hydroxyl groups excluding tert-OH is 1. The largest absolute Gasteiger partial charge is 0.461 e. The molecule has 545 valence electrons. The molecular formula is C85H113AcNO14. The number of alkyl carbamates (subject to hydrolysis) is 1. The van der Waals surface area contributed by atoms with Gasteiger partial charge < -0.3 is 49.1 Å². The molecule has 1 amide bonds. The van der Waals surface area contributed by atoms with Crippen molar-refractivity contribution in [3.8, 4) is 0 Å². The second kappa shape index (κ2) is 43.7. The van der Waals surface area contributed by atoms with Crippen LogP contribution in [0.4, 0.5) is 4.79 Å². The van der Waals surface area contributed by atoms with Crippen LogP contribution in [0.2, 0.25) is 0 Å². The van der Waals surface area contributed by atoms with Crippen molar-refractivity contribution < 1.29 is 112 Å². The number of ether oxygens (including phenoxy) is 6. The van der Waals surface area contributed by atoms with Gasteiger partial charge in [0.2, 0.25) is 0 Å². The van der Waals surface area contributed by atoms with Crippen LogP contribution in [0.3, 0.4) is 0 Å². The second-order valence-electron chi connectivity index (χ2n) is 27.9. The van der Waals surface area contributed by atoms with Gasteiger partial charge in [-0.3, -0.25) is 14.4 Å². The number of aliphatic hydroxyl groups is 3. The molecule has 1 heterocycles. The van der Waals surface area contributed by atoms with Crippen molar-refractivity contribution in [2.45, 2.75) is 237 Å². The van der Waals surface area contributed by atoms with Crippen LogP contribution in [-0.4, -0.2) is 112 Å². The third-order valence-electron chi connectivity index (χ3n) is 19.0. The van der Waals surface area contributed by atoms with Crippen molar-refractivity contribution in [1.29, 1.82) is 0 Å². The van der Waals surface area contributed by atoms with Gasteiger partial charge in [0, 0.05) is 81.1 Å². The number of nitrogens with one attached hydrogen (secondary N) is 1. The fourth-order valence-corrected chi connectivity index (χ4v) is 13.6. The van der Waals surface area contributed by atoms with Gasteiger partial charge in [-0.05, 0) is 153 Å². The van der Waals surface area contributed by atoms with E-state index in [1.165, 1.54) is 6.92 Å². The second-order valence-corrected chi connectivity index (χ2v) is 27.9. The Labute approximate surface area is 638 Å². The summed E-state index contributed by atoms with van der Waals surface area (Å²) in [6.07, 6.45) is 51.2. The monoisotopic (exact) mass is 1600 g/mol. The number of esters is 3. The van der Waals surface area contributed by atoms with Crippen molar-refractivity contribution in [3.05, 3.63) is 229 Å². The number of amides is 1. The fourth-order valence-electron chi connectivity index (χ4n) is 13.6. The fraction of sp³-hybridized carbons (Fsp3) is 0.494. The Kier molecular flexibility index (Phi) is 36.9. The summed E-state index contributed by atoms with van der Waals surface area (Å²) < 4.78 is 38.1. The Morgan fingerprint density at radius 2 is 1.04 bits per heavy atom. The number of ketones is 1. The first-order valence-electron chi connectivity index (χ1n) is 36.1. The van der Waals surface area contributed by atoms with E-state index >= 15 is 4.79 Å². The summed E-state index contributed by atoms with van der Waals surface area (Å²) in [5, 5.41) is 42.5. The summed E-state index contributed by atoms with van der Waals surface area (Å²) in [6.45, 7) is 15.2. The molecule has 1 radical (unpaired) electrons. The molecule has 3 aliphatic carbocycles. The predicted octanol–water partition coefficient (Wildman–Crippen LogP) is 17.2. The maximum absolute atomic E-state index is 16.7. The van der Waals surface area contributed by atoms with Crippen molar-refractivity contribution in [2.24, 2.45) is 16.7 Å². The molecule has 3 fully saturated rings. The molecular weight excluding hydrogens is 1490 g/mol. The molecule has 2 saturated carbocycles. The molecule has 11 atom stereocenters. The van der Waals surface area contributed by atoms with Crippen molar-refractivity contribution in [2.75, 3.05) is 13.2 Å². The van der Waals surface area contributed by atoms with Gasteiger partial charge in [0.1, 0.15) is 35.1 Å². The molecule has 2 aromatic rings. The number of carbonyl (C=O) groups is 5. The molecule has 101 heavy (non-hydrogen) atoms. The smallest absolute Gasteiger partial charge is 0.408 e. The molecule has 11 unspecified atom stereocenters. The van der Waals surface area contributed by atoms with Crippen LogP contribution >= 0.6 is 0 Å². The molecule has 2 bridgehead atoms. The predicted molar refractivity (Wildman–Crippen MR) is 397 cm³/mol. The van der Waals surface area contributed by atoms with Crippen LogP contribution in [0.5, 0.6) is 0 Å². The van der Waals surface area contributed by atoms with Crippen molar-refractivity contribution in [3.63, 3.8) is 0 Å². The van der Waals surface area contributed by atoms with Crippen LogP contribution < -0.4 is 5.32 Å². The number of Topliss-reactive ketones (excluding diaryl/α,β-unsaturated/α-hetero) is 1. The van der Waals surface area contributed by atoms with Gasteiger partial charge >= 0.3 is 24.0 Å². The van der Waals surface area contributed by atoms with Crippen LogP contribution in [0.15, 0.2) is 218 Å². The molecule has 1 aliphatic heterocycles. The number of benzene rings is 2. The zero-order chi connectivity index (χ0) is 72.4. The van der Waals surface area contributed by atoms with Gasteiger partial charge in [0.05, 0.1) is 42.4 Å². The first-order chi connectivity index (χ1) is 48.0. The maximum atomic E-state index is 16.7. The van der Waals surface area contributed by atoms with Crippen LogP contribution in [0, 0.1) is 60.8 Å². The summed E-state index contributed by atoms with van der Waals surface area (Å²) in [4.78, 5) is 73.8. The molecule has 4 aliphatic rings. The number of hydrogen-bond acceptors (Lipinski definition) is 14. The quantitative estimate of drug-likeness (QED) is 0.0280. The average Bonchev–Trinajstić information content (AvgIpc) is 0.672. The molecule has 6 rings (SSSR count). The Hall–Kier alpha value is -6.35. The number of rotatable bonds is 38. The summed E-state index contributed by atoms with van der Waals surface area (Å²) in [7, 11) is 0. The van der Waals surface area contributed by atoms with E-state index in [2.05, 4.69) is 135 Å². The van der Waals surface area contributed by atoms with Gasteiger partial charge in [-0.15, -0.1) is 0 Å². The topological polar surface area (TPSA) is 213 Å². The van der Waals surface area contributed by atoms with E-state index in [1.54, 1.807) is 102 Å². The first-order valence-corrected chi connectivity index (χ1v) is 36.1. The number of carbonyl (C=O) groups excluding carboxylic acids is 5. The molecule has 2 aromatic carbocycles. The summed E-state index contributed by atoms with van der Waals surface area (Å²) in [6, 6.07) is 15.9. The van der Waals surface area contributed by atoms with Crippen molar-refractivity contribution in [1.82, 2.24) is 5.32 Å². The van der Waals surface area contributed by atoms with E-state index in [-0.39, 0.29) is 93.9 Å². The van der Waals surface area contributed by atoms with E-state index in [0.29, 0.717) is 30.4 Å². The first kappa shape index (κ1) is 85.3. The van der Waals surface area contributed by atoms with Gasteiger partial charge in [-0.2, -0.15) is 0 Å². The van der Waals surface area contributed by atoms with Gasteiger partial charge in [0.15, 0.2) is 11.9 Å². The van der Waals surface area contributed by atoms with Crippen LogP contribution in [0.25, 0.3) is 0 Å². The standard InChI is InChI=1S/C85H113NO14.Ac/c1-10-12-14-16-18-20-22-24-26-28-30-32-34-36-38-40-42-44-52-58-71(88)97-69-60-70-84(93,63-96-70)76-78(99-79(91)66-56-50-47-51-57-66)85(94)61-68(95-62-67(87)74(65-54-48-46-49-55-65)86-80(92)100-81(4,5)6)64(3)73(82(85,7)8)75(77(90)83(69,76)9)98-72(89)59-53-45-43-41-39-37-35-33-31-29-27-25-23-21-19-17-15-13-11-2;/h12-15,18-21,24-27,30-33,36-39,42-51,54-57,67-70,74-76,78,87,93-94H,10-11,16-17,22-23,28-29,34-35,40-41,52-53,58-63H2,1-9H3,(H,86,92);/b14-12-,15-13-,20-18-,21-19-,26-24-,27-25-,32-30-,33-31-,38-36-,39-37-,44-42-,45-43-;. The van der Waals surface area contributed by atoms with Gasteiger partial charge in [0.25, 0.3) is 0 Å². The van der Waals surface area contributed by atoms with E-state index < -0.39 is 113 Å². The summed E-state index contributed by atoms with van der Waals surface area (Å²) >= 11 is 0. The molecule has 15 nitrogen and oxygen atoms in total. The zero-order valence-corrected chi connectivity index (χ0v) is 66.0. The van der Waals surface area contributed by atoms with Crippen molar-refractivity contribution >= 4 is 29.8 Å². The van der Waals surface area contributed by atoms with E-state index in [9.17, 15) is 34.5 Å². The minimum absolute atomic E-state index is 0. The molecule has 16 heteroatoms.